The maximum Gasteiger partial charge on any atom is 0.0999 e. The van der Waals surface area contributed by atoms with Gasteiger partial charge in [0.1, 0.15) is 0 Å². The van der Waals surface area contributed by atoms with Crippen LogP contribution in [0.5, 0.6) is 0 Å². The van der Waals surface area contributed by atoms with Gasteiger partial charge in [-0.1, -0.05) is 32.0 Å². The number of benzene rings is 1. The third-order valence-electron chi connectivity index (χ3n) is 2.53. The molecule has 0 bridgehead atoms. The number of pyridine rings is 1. The highest BCUT2D eigenvalue weighted by atomic mass is 32.2. The molecule has 2 heteroatoms. The first-order chi connectivity index (χ1) is 7.22. The van der Waals surface area contributed by atoms with E-state index >= 15 is 0 Å². The number of rotatable bonds is 2. The molecule has 1 aromatic heterocycles. The van der Waals surface area contributed by atoms with Crippen molar-refractivity contribution in [1.29, 1.82) is 0 Å². The summed E-state index contributed by atoms with van der Waals surface area (Å²) in [6.45, 7) is 4.43. The Morgan fingerprint density at radius 3 is 2.60 bits per heavy atom. The highest BCUT2D eigenvalue weighted by molar-refractivity contribution is 7.98. The molecule has 0 aliphatic carbocycles. The predicted molar refractivity (Wildman–Crippen MR) is 67.6 cm³/mol. The predicted octanol–water partition coefficient (Wildman–Crippen LogP) is 4.08. The number of fused-ring (bicyclic) bond motifs is 1. The van der Waals surface area contributed by atoms with Gasteiger partial charge in [0.25, 0.3) is 0 Å². The average Bonchev–Trinajstić information content (AvgIpc) is 2.27. The van der Waals surface area contributed by atoms with E-state index in [9.17, 15) is 0 Å². The Balaban J connectivity index is 2.69. The lowest BCUT2D eigenvalue weighted by molar-refractivity contribution is 0.826. The molecule has 0 amide bonds. The van der Waals surface area contributed by atoms with Gasteiger partial charge in [0, 0.05) is 5.39 Å². The summed E-state index contributed by atoms with van der Waals surface area (Å²) < 4.78 is 0. The van der Waals surface area contributed by atoms with Crippen molar-refractivity contribution >= 4 is 22.7 Å². The van der Waals surface area contributed by atoms with E-state index < -0.39 is 0 Å². The van der Waals surface area contributed by atoms with Crippen molar-refractivity contribution < 1.29 is 0 Å². The first kappa shape index (κ1) is 10.5. The van der Waals surface area contributed by atoms with Crippen LogP contribution in [0.25, 0.3) is 10.9 Å². The van der Waals surface area contributed by atoms with E-state index in [0.717, 1.165) is 10.5 Å². The summed E-state index contributed by atoms with van der Waals surface area (Å²) in [7, 11) is 0. The quantitative estimate of drug-likeness (QED) is 0.703. The molecule has 0 aliphatic rings. The minimum absolute atomic E-state index is 0.532. The first-order valence-electron chi connectivity index (χ1n) is 5.16. The van der Waals surface area contributed by atoms with Crippen LogP contribution in [0.3, 0.4) is 0 Å². The van der Waals surface area contributed by atoms with Crippen molar-refractivity contribution in [2.24, 2.45) is 0 Å². The van der Waals surface area contributed by atoms with Crippen LogP contribution in [0.2, 0.25) is 0 Å². The highest BCUT2D eigenvalue weighted by Gasteiger charge is 2.08. The first-order valence-corrected chi connectivity index (χ1v) is 6.38. The lowest BCUT2D eigenvalue weighted by atomic mass is 10.0. The Labute approximate surface area is 94.9 Å². The molecule has 0 N–H and O–H groups in total. The molecule has 0 aliphatic heterocycles. The molecule has 1 aromatic carbocycles. The van der Waals surface area contributed by atoms with Crippen LogP contribution in [0.15, 0.2) is 35.4 Å². The number of thioether (sulfide) groups is 1. The molecule has 15 heavy (non-hydrogen) atoms. The Bertz CT molecular complexity index is 477. The molecule has 0 fully saturated rings. The molecule has 78 valence electrons. The van der Waals surface area contributed by atoms with Crippen LogP contribution < -0.4 is 0 Å². The topological polar surface area (TPSA) is 12.9 Å². The fraction of sp³-hybridized carbons (Fsp3) is 0.308. The molecule has 0 radical (unpaired) electrons. The second-order valence-electron chi connectivity index (χ2n) is 3.93. The summed E-state index contributed by atoms with van der Waals surface area (Å²) in [5.41, 5.74) is 2.44. The summed E-state index contributed by atoms with van der Waals surface area (Å²) >= 11 is 1.73. The number of nitrogens with zero attached hydrogens (tertiary/aromatic N) is 1. The molecule has 0 saturated heterocycles. The van der Waals surface area contributed by atoms with Gasteiger partial charge in [-0.3, -0.25) is 0 Å². The molecular formula is C13H15NS. The van der Waals surface area contributed by atoms with Gasteiger partial charge in [0.05, 0.1) is 10.5 Å². The molecule has 0 atom stereocenters. The van der Waals surface area contributed by atoms with Crippen LogP contribution in [0.1, 0.15) is 25.3 Å². The van der Waals surface area contributed by atoms with Crippen molar-refractivity contribution in [3.63, 3.8) is 0 Å². The van der Waals surface area contributed by atoms with Crippen molar-refractivity contribution in [2.45, 2.75) is 24.8 Å². The van der Waals surface area contributed by atoms with Gasteiger partial charge in [-0.05, 0) is 29.9 Å². The van der Waals surface area contributed by atoms with Gasteiger partial charge in [0.2, 0.25) is 0 Å². The molecule has 0 spiro atoms. The Kier molecular flexibility index (Phi) is 2.96. The lowest BCUT2D eigenvalue weighted by Crippen LogP contribution is -1.94. The molecule has 0 unspecified atom stereocenters. The van der Waals surface area contributed by atoms with E-state index in [1.54, 1.807) is 11.8 Å². The van der Waals surface area contributed by atoms with Gasteiger partial charge in [-0.15, -0.1) is 11.8 Å². The van der Waals surface area contributed by atoms with E-state index in [2.05, 4.69) is 49.4 Å². The molecular weight excluding hydrogens is 202 g/mol. The van der Waals surface area contributed by atoms with Crippen molar-refractivity contribution in [3.05, 3.63) is 35.9 Å². The van der Waals surface area contributed by atoms with Crippen LogP contribution in [-0.4, -0.2) is 11.2 Å². The summed E-state index contributed by atoms with van der Waals surface area (Å²) in [6.07, 6.45) is 2.09. The largest absolute Gasteiger partial charge is 0.241 e. The third kappa shape index (κ3) is 2.00. The van der Waals surface area contributed by atoms with Gasteiger partial charge in [-0.2, -0.15) is 0 Å². The monoisotopic (exact) mass is 217 g/mol. The standard InChI is InChI=1S/C13H15NS/c1-9(2)11-8-10-6-4-5-7-12(10)14-13(11)15-3/h4-9H,1-3H3. The fourth-order valence-corrected chi connectivity index (χ4v) is 2.41. The average molecular weight is 217 g/mol. The number of aromatic nitrogens is 1. The number of hydrogen-bond acceptors (Lipinski definition) is 2. The highest BCUT2D eigenvalue weighted by Crippen LogP contribution is 2.28. The Hall–Kier alpha value is -1.02. The van der Waals surface area contributed by atoms with E-state index in [-0.39, 0.29) is 0 Å². The minimum atomic E-state index is 0.532. The fourth-order valence-electron chi connectivity index (χ4n) is 1.69. The van der Waals surface area contributed by atoms with E-state index in [1.807, 2.05) is 6.07 Å². The van der Waals surface area contributed by atoms with Crippen molar-refractivity contribution in [1.82, 2.24) is 4.98 Å². The van der Waals surface area contributed by atoms with Crippen LogP contribution >= 0.6 is 11.8 Å². The van der Waals surface area contributed by atoms with E-state index in [4.69, 9.17) is 0 Å². The second-order valence-corrected chi connectivity index (χ2v) is 4.73. The summed E-state index contributed by atoms with van der Waals surface area (Å²) in [5, 5.41) is 2.39. The van der Waals surface area contributed by atoms with Gasteiger partial charge in [-0.25, -0.2) is 4.98 Å². The number of para-hydroxylation sites is 1. The minimum Gasteiger partial charge on any atom is -0.241 e. The molecule has 0 saturated carbocycles. The summed E-state index contributed by atoms with van der Waals surface area (Å²) in [4.78, 5) is 4.68. The number of hydrogen-bond donors (Lipinski definition) is 0. The van der Waals surface area contributed by atoms with Gasteiger partial charge in [0.15, 0.2) is 0 Å². The Morgan fingerprint density at radius 1 is 1.20 bits per heavy atom. The summed E-state index contributed by atoms with van der Waals surface area (Å²) in [6, 6.07) is 10.6. The van der Waals surface area contributed by atoms with E-state index in [1.165, 1.54) is 10.9 Å². The van der Waals surface area contributed by atoms with Crippen molar-refractivity contribution in [2.75, 3.05) is 6.26 Å². The SMILES string of the molecule is CSc1nc2ccccc2cc1C(C)C. The summed E-state index contributed by atoms with van der Waals surface area (Å²) in [5.74, 6) is 0.532. The maximum atomic E-state index is 4.68. The lowest BCUT2D eigenvalue weighted by Gasteiger charge is -2.11. The van der Waals surface area contributed by atoms with Gasteiger partial charge < -0.3 is 0 Å². The Morgan fingerprint density at radius 2 is 1.93 bits per heavy atom. The molecule has 1 nitrogen and oxygen atoms in total. The smallest absolute Gasteiger partial charge is 0.0999 e. The van der Waals surface area contributed by atoms with E-state index in [0.29, 0.717) is 5.92 Å². The zero-order valence-corrected chi connectivity index (χ0v) is 10.1. The third-order valence-corrected chi connectivity index (χ3v) is 3.25. The van der Waals surface area contributed by atoms with Gasteiger partial charge >= 0.3 is 0 Å². The maximum absolute atomic E-state index is 4.68. The van der Waals surface area contributed by atoms with Crippen LogP contribution in [0.4, 0.5) is 0 Å². The molecule has 2 rings (SSSR count). The normalized spacial score (nSPS) is 11.2. The van der Waals surface area contributed by atoms with Crippen LogP contribution in [0, 0.1) is 0 Å². The zero-order chi connectivity index (χ0) is 10.8. The second kappa shape index (κ2) is 4.23. The zero-order valence-electron chi connectivity index (χ0n) is 9.32. The molecule has 2 aromatic rings. The molecule has 1 heterocycles. The van der Waals surface area contributed by atoms with Crippen molar-refractivity contribution in [3.8, 4) is 0 Å². The van der Waals surface area contributed by atoms with Crippen LogP contribution in [-0.2, 0) is 0 Å².